The van der Waals surface area contributed by atoms with Gasteiger partial charge in [0.25, 0.3) is 0 Å². The Hall–Kier alpha value is -1.55. The minimum absolute atomic E-state index is 0.0363. The van der Waals surface area contributed by atoms with E-state index in [9.17, 15) is 4.79 Å². The van der Waals surface area contributed by atoms with E-state index in [-0.39, 0.29) is 17.7 Å². The maximum Gasteiger partial charge on any atom is 0.228 e. The van der Waals surface area contributed by atoms with Crippen LogP contribution in [0.1, 0.15) is 23.7 Å². The average molecular weight is 320 g/mol. The van der Waals surface area contributed by atoms with Crippen molar-refractivity contribution in [3.05, 3.63) is 52.4 Å². The normalized spacial score (nSPS) is 21.2. The molecule has 2 unspecified atom stereocenters. The molecule has 4 heteroatoms. The van der Waals surface area contributed by atoms with Crippen molar-refractivity contribution in [3.63, 3.8) is 0 Å². The molecule has 19 heavy (non-hydrogen) atoms. The van der Waals surface area contributed by atoms with E-state index in [1.165, 1.54) is 0 Å². The molecule has 2 aromatic rings. The zero-order valence-electron chi connectivity index (χ0n) is 10.5. The van der Waals surface area contributed by atoms with Crippen molar-refractivity contribution >= 4 is 27.5 Å². The van der Waals surface area contributed by atoms with E-state index >= 15 is 0 Å². The third kappa shape index (κ3) is 2.59. The smallest absolute Gasteiger partial charge is 0.228 e. The van der Waals surface area contributed by atoms with E-state index in [4.69, 9.17) is 4.42 Å². The van der Waals surface area contributed by atoms with Crippen LogP contribution in [0.4, 0.5) is 5.69 Å². The quantitative estimate of drug-likeness (QED) is 0.925. The molecule has 1 aliphatic carbocycles. The van der Waals surface area contributed by atoms with Gasteiger partial charge in [0.15, 0.2) is 0 Å². The first-order chi connectivity index (χ1) is 9.15. The second-order valence-corrected chi connectivity index (χ2v) is 5.83. The zero-order chi connectivity index (χ0) is 13.4. The van der Waals surface area contributed by atoms with Crippen molar-refractivity contribution in [2.75, 3.05) is 5.32 Å². The lowest BCUT2D eigenvalue weighted by molar-refractivity contribution is -0.117. The van der Waals surface area contributed by atoms with Gasteiger partial charge >= 0.3 is 0 Å². The van der Waals surface area contributed by atoms with E-state index in [0.29, 0.717) is 0 Å². The van der Waals surface area contributed by atoms with E-state index in [0.717, 1.165) is 27.9 Å². The Morgan fingerprint density at radius 2 is 2.26 bits per heavy atom. The van der Waals surface area contributed by atoms with Crippen LogP contribution in [-0.2, 0) is 4.79 Å². The van der Waals surface area contributed by atoms with Gasteiger partial charge in [-0.25, -0.2) is 0 Å². The largest absolute Gasteiger partial charge is 0.469 e. The fourth-order valence-electron chi connectivity index (χ4n) is 2.29. The van der Waals surface area contributed by atoms with Crippen LogP contribution in [0.5, 0.6) is 0 Å². The predicted octanol–water partition coefficient (Wildman–Crippen LogP) is 4.09. The van der Waals surface area contributed by atoms with Crippen molar-refractivity contribution in [2.24, 2.45) is 5.92 Å². The van der Waals surface area contributed by atoms with Gasteiger partial charge in [-0.15, -0.1) is 0 Å². The van der Waals surface area contributed by atoms with Gasteiger partial charge in [0.05, 0.1) is 6.26 Å². The van der Waals surface area contributed by atoms with E-state index in [2.05, 4.69) is 21.2 Å². The molecule has 1 heterocycles. The maximum atomic E-state index is 12.2. The number of hydrogen-bond acceptors (Lipinski definition) is 2. The molecule has 3 rings (SSSR count). The molecule has 1 N–H and O–H groups in total. The average Bonchev–Trinajstić information content (AvgIpc) is 2.99. The molecular weight excluding hydrogens is 306 g/mol. The lowest BCUT2D eigenvalue weighted by atomic mass is 10.2. The molecule has 2 atom stereocenters. The summed E-state index contributed by atoms with van der Waals surface area (Å²) >= 11 is 3.41. The van der Waals surface area contributed by atoms with Crippen LogP contribution in [0.2, 0.25) is 0 Å². The minimum Gasteiger partial charge on any atom is -0.469 e. The molecule has 1 aliphatic rings. The molecule has 3 nitrogen and oxygen atoms in total. The molecular formula is C15H14BrNO2. The van der Waals surface area contributed by atoms with E-state index < -0.39 is 0 Å². The number of nitrogens with one attached hydrogen (secondary N) is 1. The molecule has 1 aromatic heterocycles. The fraction of sp³-hybridized carbons (Fsp3) is 0.267. The molecule has 1 aromatic carbocycles. The number of aryl methyl sites for hydroxylation is 1. The van der Waals surface area contributed by atoms with Crippen LogP contribution in [0.15, 0.2) is 45.5 Å². The number of furan rings is 1. The molecule has 0 spiro atoms. The highest BCUT2D eigenvalue weighted by molar-refractivity contribution is 9.10. The summed E-state index contributed by atoms with van der Waals surface area (Å²) in [4.78, 5) is 12.2. The standard InChI is InChI=1S/C15H14BrNO2/c1-9-7-10(16)4-5-13(9)17-15(18)12-8-11(12)14-3-2-6-19-14/h2-7,11-12H,8H2,1H3,(H,17,18). The van der Waals surface area contributed by atoms with Crippen LogP contribution < -0.4 is 5.32 Å². The number of carbonyl (C=O) groups excluding carboxylic acids is 1. The molecule has 98 valence electrons. The van der Waals surface area contributed by atoms with E-state index in [1.807, 2.05) is 37.3 Å². The van der Waals surface area contributed by atoms with Crippen LogP contribution in [0.3, 0.4) is 0 Å². The van der Waals surface area contributed by atoms with Crippen molar-refractivity contribution < 1.29 is 9.21 Å². The summed E-state index contributed by atoms with van der Waals surface area (Å²) in [5, 5.41) is 2.99. The predicted molar refractivity (Wildman–Crippen MR) is 77.1 cm³/mol. The van der Waals surface area contributed by atoms with Crippen molar-refractivity contribution in [1.82, 2.24) is 0 Å². The Morgan fingerprint density at radius 3 is 2.95 bits per heavy atom. The number of hydrogen-bond donors (Lipinski definition) is 1. The van der Waals surface area contributed by atoms with Crippen molar-refractivity contribution in [3.8, 4) is 0 Å². The molecule has 1 saturated carbocycles. The summed E-state index contributed by atoms with van der Waals surface area (Å²) in [5.41, 5.74) is 1.93. The van der Waals surface area contributed by atoms with Gasteiger partial charge in [-0.2, -0.15) is 0 Å². The van der Waals surface area contributed by atoms with Crippen LogP contribution >= 0.6 is 15.9 Å². The molecule has 0 saturated heterocycles. The van der Waals surface area contributed by atoms with Gasteiger partial charge in [-0.1, -0.05) is 15.9 Å². The number of benzene rings is 1. The number of rotatable bonds is 3. The van der Waals surface area contributed by atoms with Gasteiger partial charge in [0.1, 0.15) is 5.76 Å². The lowest BCUT2D eigenvalue weighted by Crippen LogP contribution is -2.15. The first-order valence-corrected chi connectivity index (χ1v) is 7.05. The van der Waals surface area contributed by atoms with Gasteiger partial charge < -0.3 is 9.73 Å². The number of carbonyl (C=O) groups is 1. The summed E-state index contributed by atoms with van der Waals surface area (Å²) in [7, 11) is 0. The topological polar surface area (TPSA) is 42.2 Å². The van der Waals surface area contributed by atoms with Crippen LogP contribution in [0.25, 0.3) is 0 Å². The SMILES string of the molecule is Cc1cc(Br)ccc1NC(=O)C1CC1c1ccco1. The Kier molecular flexibility index (Phi) is 3.19. The van der Waals surface area contributed by atoms with Gasteiger partial charge in [-0.3, -0.25) is 4.79 Å². The van der Waals surface area contributed by atoms with Crippen molar-refractivity contribution in [2.45, 2.75) is 19.3 Å². The first kappa shape index (κ1) is 12.5. The highest BCUT2D eigenvalue weighted by atomic mass is 79.9. The number of anilines is 1. The highest BCUT2D eigenvalue weighted by Crippen LogP contribution is 2.48. The Labute approximate surface area is 120 Å². The summed E-state index contributed by atoms with van der Waals surface area (Å²) in [6.07, 6.45) is 2.52. The Bertz CT molecular complexity index is 607. The third-order valence-electron chi connectivity index (χ3n) is 3.48. The second-order valence-electron chi connectivity index (χ2n) is 4.91. The lowest BCUT2D eigenvalue weighted by Gasteiger charge is -2.08. The van der Waals surface area contributed by atoms with Crippen LogP contribution in [-0.4, -0.2) is 5.91 Å². The monoisotopic (exact) mass is 319 g/mol. The molecule has 0 bridgehead atoms. The summed E-state index contributed by atoms with van der Waals surface area (Å²) in [6, 6.07) is 9.64. The zero-order valence-corrected chi connectivity index (χ0v) is 12.1. The molecule has 1 amide bonds. The van der Waals surface area contributed by atoms with Gasteiger partial charge in [0, 0.05) is 22.0 Å². The fourth-order valence-corrected chi connectivity index (χ4v) is 2.77. The maximum absolute atomic E-state index is 12.2. The summed E-state index contributed by atoms with van der Waals surface area (Å²) in [5.74, 6) is 1.26. The van der Waals surface area contributed by atoms with Crippen LogP contribution in [0, 0.1) is 12.8 Å². The third-order valence-corrected chi connectivity index (χ3v) is 3.98. The second kappa shape index (κ2) is 4.85. The van der Waals surface area contributed by atoms with Gasteiger partial charge in [-0.05, 0) is 49.2 Å². The Morgan fingerprint density at radius 1 is 1.42 bits per heavy atom. The summed E-state index contributed by atoms with van der Waals surface area (Å²) in [6.45, 7) is 1.98. The molecule has 0 aliphatic heterocycles. The van der Waals surface area contributed by atoms with Gasteiger partial charge in [0.2, 0.25) is 5.91 Å². The number of amides is 1. The first-order valence-electron chi connectivity index (χ1n) is 6.25. The van der Waals surface area contributed by atoms with E-state index in [1.54, 1.807) is 6.26 Å². The minimum atomic E-state index is 0.0363. The number of halogens is 1. The highest BCUT2D eigenvalue weighted by Gasteiger charge is 2.45. The molecule has 1 fully saturated rings. The van der Waals surface area contributed by atoms with Crippen molar-refractivity contribution in [1.29, 1.82) is 0 Å². The summed E-state index contributed by atoms with van der Waals surface area (Å²) < 4.78 is 6.36. The Balaban J connectivity index is 1.67. The molecule has 0 radical (unpaired) electrons.